The van der Waals surface area contributed by atoms with Crippen molar-refractivity contribution in [3.8, 4) is 0 Å². The van der Waals surface area contributed by atoms with Gasteiger partial charge in [-0.3, -0.25) is 4.79 Å². The van der Waals surface area contributed by atoms with Gasteiger partial charge in [0, 0.05) is 13.5 Å². The van der Waals surface area contributed by atoms with Crippen LogP contribution < -0.4 is 0 Å². The maximum atomic E-state index is 11.2. The number of ether oxygens (including phenoxy) is 2. The van der Waals surface area contributed by atoms with Gasteiger partial charge in [0.25, 0.3) is 0 Å². The van der Waals surface area contributed by atoms with Crippen molar-refractivity contribution in [2.24, 2.45) is 0 Å². The van der Waals surface area contributed by atoms with Crippen LogP contribution in [0.2, 0.25) is 0 Å². The number of Topliss-reactive ketones (excluding diaryl/α,β-unsaturated/α-hetero) is 1. The van der Waals surface area contributed by atoms with E-state index in [0.717, 1.165) is 12.8 Å². The maximum Gasteiger partial charge on any atom is 0.166 e. The van der Waals surface area contributed by atoms with Gasteiger partial charge in [-0.05, 0) is 12.8 Å². The minimum absolute atomic E-state index is 0.0330. The van der Waals surface area contributed by atoms with E-state index in [9.17, 15) is 4.79 Å². The predicted molar refractivity (Wildman–Crippen MR) is 56.8 cm³/mol. The Kier molecular flexibility index (Phi) is 3.76. The third-order valence-corrected chi connectivity index (χ3v) is 3.48. The summed E-state index contributed by atoms with van der Waals surface area (Å²) in [5.74, 6) is 0.191. The first-order valence-corrected chi connectivity index (χ1v) is 6.02. The zero-order valence-corrected chi connectivity index (χ0v) is 9.41. The van der Waals surface area contributed by atoms with Crippen LogP contribution in [0.4, 0.5) is 0 Å². The number of carbonyl (C=O) groups is 1. The number of ketones is 1. The van der Waals surface area contributed by atoms with E-state index < -0.39 is 0 Å². The highest BCUT2D eigenvalue weighted by Crippen LogP contribution is 2.28. The molecule has 2 aliphatic carbocycles. The second-order valence-electron chi connectivity index (χ2n) is 4.61. The quantitative estimate of drug-likeness (QED) is 0.672. The monoisotopic (exact) mass is 212 g/mol. The van der Waals surface area contributed by atoms with E-state index in [1.807, 2.05) is 0 Å². The standard InChI is InChI=1S/C12H20O3/c1-14-12-10(13)8-11(12)15-9-6-4-2-3-5-7-9/h9,11-12H,2-8H2,1H3. The highest BCUT2D eigenvalue weighted by Gasteiger charge is 2.42. The highest BCUT2D eigenvalue weighted by molar-refractivity contribution is 5.90. The summed E-state index contributed by atoms with van der Waals surface area (Å²) in [4.78, 5) is 11.2. The van der Waals surface area contributed by atoms with Gasteiger partial charge in [-0.25, -0.2) is 0 Å². The topological polar surface area (TPSA) is 35.5 Å². The minimum atomic E-state index is -0.284. The van der Waals surface area contributed by atoms with Crippen molar-refractivity contribution < 1.29 is 14.3 Å². The largest absolute Gasteiger partial charge is 0.371 e. The van der Waals surface area contributed by atoms with Crippen molar-refractivity contribution in [2.75, 3.05) is 7.11 Å². The Morgan fingerprint density at radius 2 is 1.80 bits per heavy atom. The molecular formula is C12H20O3. The average molecular weight is 212 g/mol. The van der Waals surface area contributed by atoms with Gasteiger partial charge in [0.2, 0.25) is 0 Å². The van der Waals surface area contributed by atoms with Crippen LogP contribution in [0.3, 0.4) is 0 Å². The number of methoxy groups -OCH3 is 1. The first-order chi connectivity index (χ1) is 7.31. The molecule has 86 valence electrons. The smallest absolute Gasteiger partial charge is 0.166 e. The van der Waals surface area contributed by atoms with Gasteiger partial charge < -0.3 is 9.47 Å². The van der Waals surface area contributed by atoms with Gasteiger partial charge in [0.05, 0.1) is 12.2 Å². The predicted octanol–water partition coefficient (Wildman–Crippen LogP) is 2.08. The summed E-state index contributed by atoms with van der Waals surface area (Å²) in [5, 5.41) is 0. The molecule has 0 heterocycles. The van der Waals surface area contributed by atoms with E-state index >= 15 is 0 Å². The average Bonchev–Trinajstić information content (AvgIpc) is 2.46. The van der Waals surface area contributed by atoms with E-state index in [2.05, 4.69) is 0 Å². The Morgan fingerprint density at radius 1 is 1.13 bits per heavy atom. The summed E-state index contributed by atoms with van der Waals surface area (Å²) < 4.78 is 11.0. The summed E-state index contributed by atoms with van der Waals surface area (Å²) in [5.41, 5.74) is 0. The highest BCUT2D eigenvalue weighted by atomic mass is 16.5. The number of rotatable bonds is 3. The third-order valence-electron chi connectivity index (χ3n) is 3.48. The number of hydrogen-bond donors (Lipinski definition) is 0. The Morgan fingerprint density at radius 3 is 2.33 bits per heavy atom. The molecule has 0 aliphatic heterocycles. The maximum absolute atomic E-state index is 11.2. The van der Waals surface area contributed by atoms with Gasteiger partial charge in [-0.1, -0.05) is 25.7 Å². The molecule has 2 fully saturated rings. The van der Waals surface area contributed by atoms with E-state index in [4.69, 9.17) is 9.47 Å². The van der Waals surface area contributed by atoms with Crippen LogP contribution in [0.1, 0.15) is 44.9 Å². The second-order valence-corrected chi connectivity index (χ2v) is 4.61. The van der Waals surface area contributed by atoms with Crippen molar-refractivity contribution >= 4 is 5.78 Å². The summed E-state index contributed by atoms with van der Waals surface area (Å²) in [7, 11) is 1.59. The molecular weight excluding hydrogens is 192 g/mol. The van der Waals surface area contributed by atoms with Crippen LogP contribution in [0, 0.1) is 0 Å². The van der Waals surface area contributed by atoms with Gasteiger partial charge in [0.15, 0.2) is 5.78 Å². The van der Waals surface area contributed by atoms with Crippen LogP contribution in [0.15, 0.2) is 0 Å². The van der Waals surface area contributed by atoms with Crippen LogP contribution in [0.25, 0.3) is 0 Å². The zero-order chi connectivity index (χ0) is 10.7. The van der Waals surface area contributed by atoms with Gasteiger partial charge in [0.1, 0.15) is 6.10 Å². The molecule has 0 aromatic rings. The molecule has 3 nitrogen and oxygen atoms in total. The van der Waals surface area contributed by atoms with E-state index in [1.165, 1.54) is 25.7 Å². The second kappa shape index (κ2) is 5.08. The normalized spacial score (nSPS) is 33.5. The lowest BCUT2D eigenvalue weighted by molar-refractivity contribution is -0.169. The first kappa shape index (κ1) is 11.1. The molecule has 2 saturated carbocycles. The fourth-order valence-electron chi connectivity index (χ4n) is 2.50. The summed E-state index contributed by atoms with van der Waals surface area (Å²) in [6.45, 7) is 0. The molecule has 2 atom stereocenters. The Labute approximate surface area is 91.1 Å². The SMILES string of the molecule is COC1C(=O)CC1OC1CCCCCC1. The first-order valence-electron chi connectivity index (χ1n) is 6.02. The Bertz CT molecular complexity index is 219. The van der Waals surface area contributed by atoms with Crippen molar-refractivity contribution in [1.82, 2.24) is 0 Å². The van der Waals surface area contributed by atoms with E-state index in [-0.39, 0.29) is 18.0 Å². The molecule has 2 unspecified atom stereocenters. The van der Waals surface area contributed by atoms with Crippen LogP contribution >= 0.6 is 0 Å². The molecule has 0 amide bonds. The zero-order valence-electron chi connectivity index (χ0n) is 9.41. The van der Waals surface area contributed by atoms with Crippen molar-refractivity contribution in [2.45, 2.75) is 63.3 Å². The van der Waals surface area contributed by atoms with Crippen LogP contribution in [-0.2, 0) is 14.3 Å². The molecule has 0 saturated heterocycles. The van der Waals surface area contributed by atoms with Crippen molar-refractivity contribution in [3.63, 3.8) is 0 Å². The third kappa shape index (κ3) is 2.58. The van der Waals surface area contributed by atoms with E-state index in [1.54, 1.807) is 7.11 Å². The number of carbonyl (C=O) groups excluding carboxylic acids is 1. The fourth-order valence-corrected chi connectivity index (χ4v) is 2.50. The van der Waals surface area contributed by atoms with Gasteiger partial charge >= 0.3 is 0 Å². The van der Waals surface area contributed by atoms with Crippen LogP contribution in [0.5, 0.6) is 0 Å². The van der Waals surface area contributed by atoms with Crippen LogP contribution in [-0.4, -0.2) is 31.2 Å². The van der Waals surface area contributed by atoms with Crippen molar-refractivity contribution in [3.05, 3.63) is 0 Å². The molecule has 0 spiro atoms. The van der Waals surface area contributed by atoms with Gasteiger partial charge in [-0.15, -0.1) is 0 Å². The molecule has 0 aromatic carbocycles. The van der Waals surface area contributed by atoms with E-state index in [0.29, 0.717) is 12.5 Å². The molecule has 2 rings (SSSR count). The lowest BCUT2D eigenvalue weighted by Crippen LogP contribution is -2.51. The summed E-state index contributed by atoms with van der Waals surface area (Å²) in [6, 6.07) is 0. The summed E-state index contributed by atoms with van der Waals surface area (Å²) >= 11 is 0. The molecule has 0 radical (unpaired) electrons. The number of hydrogen-bond acceptors (Lipinski definition) is 3. The van der Waals surface area contributed by atoms with Gasteiger partial charge in [-0.2, -0.15) is 0 Å². The van der Waals surface area contributed by atoms with Crippen molar-refractivity contribution in [1.29, 1.82) is 0 Å². The fraction of sp³-hybridized carbons (Fsp3) is 0.917. The molecule has 0 aromatic heterocycles. The Hall–Kier alpha value is -0.410. The Balaban J connectivity index is 1.78. The molecule has 0 bridgehead atoms. The molecule has 2 aliphatic rings. The summed E-state index contributed by atoms with van der Waals surface area (Å²) in [6.07, 6.45) is 8.17. The lowest BCUT2D eigenvalue weighted by Gasteiger charge is -2.36. The molecule has 3 heteroatoms. The molecule has 0 N–H and O–H groups in total. The minimum Gasteiger partial charge on any atom is -0.371 e. The lowest BCUT2D eigenvalue weighted by atomic mass is 9.89. The molecule has 15 heavy (non-hydrogen) atoms.